The maximum atomic E-state index is 2.24. The summed E-state index contributed by atoms with van der Waals surface area (Å²) in [4.78, 5) is 0. The number of benzene rings is 2. The van der Waals surface area contributed by atoms with Crippen molar-refractivity contribution in [1.29, 1.82) is 0 Å². The van der Waals surface area contributed by atoms with Crippen LogP contribution < -0.4 is 24.8 Å². The molecule has 0 heterocycles. The van der Waals surface area contributed by atoms with Crippen LogP contribution in [0.15, 0.2) is 84.9 Å². The molecular formula is C28H33Cl2SiTa-2. The van der Waals surface area contributed by atoms with Gasteiger partial charge in [-0.3, -0.25) is 0 Å². The fourth-order valence-electron chi connectivity index (χ4n) is 3.46. The van der Waals surface area contributed by atoms with E-state index in [1.165, 1.54) is 44.5 Å². The summed E-state index contributed by atoms with van der Waals surface area (Å²) in [6.45, 7) is 13.0. The van der Waals surface area contributed by atoms with Crippen LogP contribution in [0.4, 0.5) is 0 Å². The third-order valence-corrected chi connectivity index (χ3v) is 4.65. The Morgan fingerprint density at radius 2 is 0.844 bits per heavy atom. The zero-order valence-corrected chi connectivity index (χ0v) is 25.7. The zero-order chi connectivity index (χ0) is 21.2. The quantitative estimate of drug-likeness (QED) is 0.230. The van der Waals surface area contributed by atoms with Crippen molar-refractivity contribution in [2.24, 2.45) is 0 Å². The maximum Gasteiger partial charge on any atom is 2.00 e. The third kappa shape index (κ3) is 10.1. The number of hydrogen-bond donors (Lipinski definition) is 0. The molecular weight excluding hydrogens is 616 g/mol. The van der Waals surface area contributed by atoms with Gasteiger partial charge in [0.2, 0.25) is 0 Å². The van der Waals surface area contributed by atoms with Gasteiger partial charge < -0.3 is 24.8 Å². The minimum absolute atomic E-state index is 0. The number of hydrogen-bond acceptors (Lipinski definition) is 0. The molecule has 0 aliphatic rings. The zero-order valence-electron chi connectivity index (χ0n) is 19.9. The smallest absolute Gasteiger partial charge is 1.00 e. The van der Waals surface area contributed by atoms with Gasteiger partial charge in [-0.2, -0.15) is 23.3 Å². The summed E-state index contributed by atoms with van der Waals surface area (Å²) in [5.41, 5.74) is 10.8. The molecule has 2 radical (unpaired) electrons. The van der Waals surface area contributed by atoms with E-state index in [0.717, 1.165) is 9.52 Å². The Kier molecular flexibility index (Phi) is 17.7. The van der Waals surface area contributed by atoms with E-state index in [9.17, 15) is 0 Å². The molecule has 0 bridgehead atoms. The summed E-state index contributed by atoms with van der Waals surface area (Å²) in [5.74, 6) is 0. The molecule has 0 unspecified atom stereocenters. The van der Waals surface area contributed by atoms with Gasteiger partial charge in [0.15, 0.2) is 0 Å². The van der Waals surface area contributed by atoms with Crippen molar-refractivity contribution in [2.75, 3.05) is 0 Å². The molecule has 4 heteroatoms. The second kappa shape index (κ2) is 17.2. The summed E-state index contributed by atoms with van der Waals surface area (Å²) < 4.78 is 0. The predicted octanol–water partition coefficient (Wildman–Crippen LogP) is 1.90. The molecule has 0 aliphatic carbocycles. The Morgan fingerprint density at radius 1 is 0.562 bits per heavy atom. The summed E-state index contributed by atoms with van der Waals surface area (Å²) in [5, 5.41) is 0. The van der Waals surface area contributed by atoms with Crippen molar-refractivity contribution in [2.45, 2.75) is 40.8 Å². The van der Waals surface area contributed by atoms with Crippen LogP contribution in [-0.2, 0) is 22.4 Å². The van der Waals surface area contributed by atoms with Gasteiger partial charge >= 0.3 is 22.4 Å². The summed E-state index contributed by atoms with van der Waals surface area (Å²) in [7, 11) is 0.750. The van der Waals surface area contributed by atoms with Gasteiger partial charge in [0.05, 0.1) is 0 Å². The molecule has 0 N–H and O–H groups in total. The van der Waals surface area contributed by atoms with Gasteiger partial charge in [-0.1, -0.05) is 113 Å². The molecule has 170 valence electrons. The molecule has 0 nitrogen and oxygen atoms in total. The number of halogens is 2. The first-order valence-corrected chi connectivity index (χ1v) is 12.6. The Balaban J connectivity index is 0. The molecule has 0 spiro atoms. The standard InChI is InChI=1S/2C13H13.C2H7Si.2ClH.Ta/c2*1-10-8-11(2)13(9-10)12-6-4-3-5-7-12;1-3-2;;;/h2*3-9H,1-2H3;3H,1-2H3;2*1H;/q2*-1;;;;+2/p-2. The first-order valence-electron chi connectivity index (χ1n) is 10.3. The SMILES string of the molecule is C[SiH]C.Cc1cc(C)c(-c2ccccc2)[cH-]1.Cc1cc(C)c(-c2ccccc2)[cH-]1.[Cl-].[Cl-].[Ta+2]. The Bertz CT molecular complexity index is 907. The molecule has 0 aliphatic heterocycles. The van der Waals surface area contributed by atoms with Crippen LogP contribution >= 0.6 is 0 Å². The van der Waals surface area contributed by atoms with Gasteiger partial charge in [-0.05, 0) is 0 Å². The molecule has 4 aromatic carbocycles. The molecule has 0 fully saturated rings. The largest absolute Gasteiger partial charge is 2.00 e. The van der Waals surface area contributed by atoms with Crippen molar-refractivity contribution in [1.82, 2.24) is 0 Å². The normalized spacial score (nSPS) is 8.94. The molecule has 4 aromatic rings. The number of rotatable bonds is 2. The monoisotopic (exact) mass is 648 g/mol. The second-order valence-electron chi connectivity index (χ2n) is 7.57. The molecule has 0 saturated carbocycles. The van der Waals surface area contributed by atoms with Crippen LogP contribution in [0.2, 0.25) is 13.1 Å². The first-order chi connectivity index (χ1) is 14.0. The predicted molar refractivity (Wildman–Crippen MR) is 133 cm³/mol. The van der Waals surface area contributed by atoms with Crippen molar-refractivity contribution in [3.8, 4) is 22.3 Å². The molecule has 0 amide bonds. The molecule has 0 atom stereocenters. The van der Waals surface area contributed by atoms with Crippen LogP contribution in [0.1, 0.15) is 22.3 Å². The maximum absolute atomic E-state index is 2.24. The minimum atomic E-state index is 0. The van der Waals surface area contributed by atoms with Gasteiger partial charge in [-0.25, -0.2) is 0 Å². The molecule has 0 saturated heterocycles. The van der Waals surface area contributed by atoms with E-state index < -0.39 is 0 Å². The van der Waals surface area contributed by atoms with E-state index in [1.54, 1.807) is 0 Å². The topological polar surface area (TPSA) is 0 Å². The van der Waals surface area contributed by atoms with Gasteiger partial charge in [0.25, 0.3) is 0 Å². The van der Waals surface area contributed by atoms with Crippen molar-refractivity contribution in [3.63, 3.8) is 0 Å². The van der Waals surface area contributed by atoms with E-state index in [2.05, 4.69) is 126 Å². The van der Waals surface area contributed by atoms with E-state index in [1.807, 2.05) is 0 Å². The molecule has 4 rings (SSSR count). The summed E-state index contributed by atoms with van der Waals surface area (Å²) in [6, 6.07) is 30.0. The fourth-order valence-corrected chi connectivity index (χ4v) is 3.46. The van der Waals surface area contributed by atoms with Crippen molar-refractivity contribution in [3.05, 3.63) is 107 Å². The fraction of sp³-hybridized carbons (Fsp3) is 0.214. The van der Waals surface area contributed by atoms with Gasteiger partial charge in [-0.15, -0.1) is 34.4 Å². The average Bonchev–Trinajstić information content (AvgIpc) is 3.24. The van der Waals surface area contributed by atoms with Crippen LogP contribution in [0.5, 0.6) is 0 Å². The van der Waals surface area contributed by atoms with E-state index in [4.69, 9.17) is 0 Å². The van der Waals surface area contributed by atoms with Crippen molar-refractivity contribution >= 4 is 9.52 Å². The van der Waals surface area contributed by atoms with Crippen molar-refractivity contribution < 1.29 is 47.2 Å². The molecule has 0 aromatic heterocycles. The van der Waals surface area contributed by atoms with Crippen LogP contribution in [0, 0.1) is 27.7 Å². The van der Waals surface area contributed by atoms with E-state index in [0.29, 0.717) is 0 Å². The second-order valence-corrected chi connectivity index (χ2v) is 8.72. The summed E-state index contributed by atoms with van der Waals surface area (Å²) >= 11 is 0. The van der Waals surface area contributed by atoms with Crippen LogP contribution in [0.25, 0.3) is 22.3 Å². The molecule has 32 heavy (non-hydrogen) atoms. The van der Waals surface area contributed by atoms with E-state index >= 15 is 0 Å². The summed E-state index contributed by atoms with van der Waals surface area (Å²) in [6.07, 6.45) is 0. The number of aryl methyl sites for hydroxylation is 4. The van der Waals surface area contributed by atoms with Gasteiger partial charge in [0.1, 0.15) is 0 Å². The Labute approximate surface area is 225 Å². The van der Waals surface area contributed by atoms with Gasteiger partial charge in [0, 0.05) is 9.52 Å². The van der Waals surface area contributed by atoms with Crippen LogP contribution in [-0.4, -0.2) is 9.52 Å². The van der Waals surface area contributed by atoms with Crippen LogP contribution in [0.3, 0.4) is 0 Å². The Morgan fingerprint density at radius 3 is 1.06 bits per heavy atom. The first kappa shape index (κ1) is 32.9. The Hall–Kier alpha value is -1.32. The average molecular weight is 650 g/mol. The minimum Gasteiger partial charge on any atom is -1.00 e. The van der Waals surface area contributed by atoms with E-state index in [-0.39, 0.29) is 47.2 Å². The third-order valence-electron chi connectivity index (χ3n) is 4.65.